The number of ketones is 1. The van der Waals surface area contributed by atoms with E-state index in [0.29, 0.717) is 11.3 Å². The molecule has 224 valence electrons. The van der Waals surface area contributed by atoms with Gasteiger partial charge in [-0.25, -0.2) is 8.78 Å². The number of carbonyl (C=O) groups is 4. The SMILES string of the molecule is COc1ccc(NC(=O)C(c2cccc(F)c2)N(Cc2ccc(F)cc2)C(=O)CN2C(=O)C(=O)c3ccccc32)c(OC)c1. The highest BCUT2D eigenvalue weighted by Crippen LogP contribution is 2.33. The summed E-state index contributed by atoms with van der Waals surface area (Å²) in [7, 11) is 2.88. The Morgan fingerprint density at radius 3 is 2.32 bits per heavy atom. The lowest BCUT2D eigenvalue weighted by Gasteiger charge is -2.33. The molecule has 9 nitrogen and oxygen atoms in total. The first-order valence-electron chi connectivity index (χ1n) is 13.5. The molecule has 0 saturated heterocycles. The Labute approximate surface area is 251 Å². The summed E-state index contributed by atoms with van der Waals surface area (Å²) >= 11 is 0. The fourth-order valence-corrected chi connectivity index (χ4v) is 4.99. The topological polar surface area (TPSA) is 105 Å². The number of ether oxygens (including phenoxy) is 2. The van der Waals surface area contributed by atoms with E-state index in [0.717, 1.165) is 15.9 Å². The van der Waals surface area contributed by atoms with Crippen LogP contribution in [0, 0.1) is 11.6 Å². The number of benzene rings is 4. The third-order valence-electron chi connectivity index (χ3n) is 7.15. The standard InChI is InChI=1S/C33H27F2N3O6/c1-43-24-14-15-26(28(17-24)44-2)36-32(41)30(21-6-5-7-23(35)16-21)38(18-20-10-12-22(34)13-11-20)29(39)19-37-27-9-4-3-8-25(27)31(40)33(37)42/h3-17,30H,18-19H2,1-2H3,(H,36,41). The van der Waals surface area contributed by atoms with E-state index in [4.69, 9.17) is 9.47 Å². The first-order valence-corrected chi connectivity index (χ1v) is 13.5. The minimum Gasteiger partial charge on any atom is -0.497 e. The summed E-state index contributed by atoms with van der Waals surface area (Å²) in [5.74, 6) is -3.51. The molecule has 0 bridgehead atoms. The van der Waals surface area contributed by atoms with E-state index in [1.54, 1.807) is 36.4 Å². The molecule has 11 heteroatoms. The molecule has 0 saturated carbocycles. The molecule has 0 aromatic heterocycles. The molecular formula is C33H27F2N3O6. The zero-order valence-electron chi connectivity index (χ0n) is 23.8. The van der Waals surface area contributed by atoms with Gasteiger partial charge in [-0.3, -0.25) is 24.1 Å². The number of methoxy groups -OCH3 is 2. The maximum atomic E-state index is 14.5. The largest absolute Gasteiger partial charge is 0.497 e. The van der Waals surface area contributed by atoms with E-state index >= 15 is 0 Å². The Morgan fingerprint density at radius 2 is 1.61 bits per heavy atom. The van der Waals surface area contributed by atoms with Crippen LogP contribution in [-0.4, -0.2) is 49.2 Å². The molecule has 4 aromatic rings. The van der Waals surface area contributed by atoms with Crippen LogP contribution in [0.3, 0.4) is 0 Å². The lowest BCUT2D eigenvalue weighted by molar-refractivity contribution is -0.139. The Morgan fingerprint density at radius 1 is 0.864 bits per heavy atom. The molecule has 1 aliphatic rings. The van der Waals surface area contributed by atoms with Crippen LogP contribution in [0.1, 0.15) is 27.5 Å². The smallest absolute Gasteiger partial charge is 0.299 e. The second-order valence-corrected chi connectivity index (χ2v) is 9.90. The number of para-hydroxylation sites is 1. The number of Topliss-reactive ketones (excluding diaryl/α,β-unsaturated/α-hetero) is 1. The number of rotatable bonds is 10. The summed E-state index contributed by atoms with van der Waals surface area (Å²) in [5.41, 5.74) is 1.26. The Hall–Kier alpha value is -5.58. The van der Waals surface area contributed by atoms with Crippen molar-refractivity contribution in [3.8, 4) is 11.5 Å². The number of nitrogens with one attached hydrogen (secondary N) is 1. The molecule has 0 radical (unpaired) electrons. The third-order valence-corrected chi connectivity index (χ3v) is 7.15. The van der Waals surface area contributed by atoms with Crippen molar-refractivity contribution in [2.24, 2.45) is 0 Å². The molecule has 44 heavy (non-hydrogen) atoms. The zero-order chi connectivity index (χ0) is 31.4. The summed E-state index contributed by atoms with van der Waals surface area (Å²) in [5, 5.41) is 2.76. The molecule has 0 fully saturated rings. The molecule has 1 unspecified atom stereocenters. The van der Waals surface area contributed by atoms with Crippen molar-refractivity contribution in [2.75, 3.05) is 31.0 Å². The van der Waals surface area contributed by atoms with Gasteiger partial charge in [-0.05, 0) is 59.7 Å². The van der Waals surface area contributed by atoms with Crippen LogP contribution >= 0.6 is 0 Å². The van der Waals surface area contributed by atoms with Crippen molar-refractivity contribution in [3.63, 3.8) is 0 Å². The van der Waals surface area contributed by atoms with Crippen molar-refractivity contribution < 1.29 is 37.4 Å². The number of nitrogens with zero attached hydrogens (tertiary/aromatic N) is 2. The minimum atomic E-state index is -1.43. The fourth-order valence-electron chi connectivity index (χ4n) is 4.99. The van der Waals surface area contributed by atoms with E-state index in [-0.39, 0.29) is 34.8 Å². The molecule has 1 atom stereocenters. The van der Waals surface area contributed by atoms with Crippen LogP contribution in [0.2, 0.25) is 0 Å². The van der Waals surface area contributed by atoms with E-state index in [1.165, 1.54) is 62.8 Å². The van der Waals surface area contributed by atoms with E-state index < -0.39 is 47.7 Å². The second-order valence-electron chi connectivity index (χ2n) is 9.90. The Bertz CT molecular complexity index is 1740. The number of hydrogen-bond acceptors (Lipinski definition) is 6. The quantitative estimate of drug-likeness (QED) is 0.260. The average molecular weight is 600 g/mol. The minimum absolute atomic E-state index is 0.134. The fraction of sp³-hybridized carbons (Fsp3) is 0.152. The van der Waals surface area contributed by atoms with Crippen molar-refractivity contribution in [3.05, 3.63) is 119 Å². The molecule has 0 aliphatic carbocycles. The van der Waals surface area contributed by atoms with Crippen LogP contribution < -0.4 is 19.7 Å². The molecule has 1 N–H and O–H groups in total. The molecule has 4 aromatic carbocycles. The number of fused-ring (bicyclic) bond motifs is 1. The van der Waals surface area contributed by atoms with Gasteiger partial charge in [-0.1, -0.05) is 36.4 Å². The maximum Gasteiger partial charge on any atom is 0.299 e. The van der Waals surface area contributed by atoms with Crippen LogP contribution in [0.15, 0.2) is 91.0 Å². The lowest BCUT2D eigenvalue weighted by Crippen LogP contribution is -2.46. The normalized spacial score (nSPS) is 12.9. The summed E-state index contributed by atoms with van der Waals surface area (Å²) in [6.45, 7) is -0.807. The van der Waals surface area contributed by atoms with Gasteiger partial charge in [0.15, 0.2) is 0 Å². The van der Waals surface area contributed by atoms with Gasteiger partial charge < -0.3 is 19.7 Å². The molecule has 5 rings (SSSR count). The Kier molecular flexibility index (Phi) is 8.66. The average Bonchev–Trinajstić information content (AvgIpc) is 3.26. The van der Waals surface area contributed by atoms with E-state index in [1.807, 2.05) is 0 Å². The predicted molar refractivity (Wildman–Crippen MR) is 157 cm³/mol. The highest BCUT2D eigenvalue weighted by Gasteiger charge is 2.39. The van der Waals surface area contributed by atoms with Crippen molar-refractivity contribution in [1.82, 2.24) is 4.90 Å². The number of carbonyl (C=O) groups excluding carboxylic acids is 4. The van der Waals surface area contributed by atoms with Crippen molar-refractivity contribution in [1.29, 1.82) is 0 Å². The van der Waals surface area contributed by atoms with Gasteiger partial charge in [-0.2, -0.15) is 0 Å². The van der Waals surface area contributed by atoms with Gasteiger partial charge in [0.05, 0.1) is 31.2 Å². The van der Waals surface area contributed by atoms with Gasteiger partial charge in [0, 0.05) is 12.6 Å². The predicted octanol–water partition coefficient (Wildman–Crippen LogP) is 4.92. The molecule has 1 aliphatic heterocycles. The van der Waals surface area contributed by atoms with Gasteiger partial charge in [-0.15, -0.1) is 0 Å². The van der Waals surface area contributed by atoms with Crippen LogP contribution in [0.25, 0.3) is 0 Å². The van der Waals surface area contributed by atoms with E-state index in [9.17, 15) is 28.0 Å². The number of halogens is 2. The summed E-state index contributed by atoms with van der Waals surface area (Å²) in [4.78, 5) is 55.9. The monoisotopic (exact) mass is 599 g/mol. The van der Waals surface area contributed by atoms with Gasteiger partial charge >= 0.3 is 0 Å². The molecule has 3 amide bonds. The molecule has 1 heterocycles. The maximum absolute atomic E-state index is 14.5. The summed E-state index contributed by atoms with van der Waals surface area (Å²) in [6, 6.07) is 20.1. The van der Waals surface area contributed by atoms with Crippen molar-refractivity contribution in [2.45, 2.75) is 12.6 Å². The Balaban J connectivity index is 1.57. The second kappa shape index (κ2) is 12.7. The molecular weight excluding hydrogens is 572 g/mol. The first kappa shape index (κ1) is 29.9. The number of hydrogen-bond donors (Lipinski definition) is 1. The van der Waals surface area contributed by atoms with Gasteiger partial charge in [0.2, 0.25) is 5.91 Å². The van der Waals surface area contributed by atoms with E-state index in [2.05, 4.69) is 5.32 Å². The van der Waals surface area contributed by atoms with Gasteiger partial charge in [0.1, 0.15) is 35.7 Å². The lowest BCUT2D eigenvalue weighted by atomic mass is 10.0. The number of anilines is 2. The van der Waals surface area contributed by atoms with Crippen LogP contribution in [-0.2, 0) is 20.9 Å². The van der Waals surface area contributed by atoms with Crippen LogP contribution in [0.4, 0.5) is 20.2 Å². The third kappa shape index (κ3) is 6.12. The summed E-state index contributed by atoms with van der Waals surface area (Å²) in [6.07, 6.45) is 0. The highest BCUT2D eigenvalue weighted by molar-refractivity contribution is 6.52. The van der Waals surface area contributed by atoms with Gasteiger partial charge in [0.25, 0.3) is 17.6 Å². The van der Waals surface area contributed by atoms with Crippen molar-refractivity contribution >= 4 is 34.9 Å². The number of amides is 3. The first-order chi connectivity index (χ1) is 21.2. The summed E-state index contributed by atoms with van der Waals surface area (Å²) < 4.78 is 38.9. The van der Waals surface area contributed by atoms with Crippen LogP contribution in [0.5, 0.6) is 11.5 Å². The highest BCUT2D eigenvalue weighted by atomic mass is 19.1. The zero-order valence-corrected chi connectivity index (χ0v) is 23.8. The molecule has 0 spiro atoms.